The fraction of sp³-hybridized carbons (Fsp3) is 0.412. The molecule has 1 aliphatic heterocycles. The summed E-state index contributed by atoms with van der Waals surface area (Å²) >= 11 is 0. The van der Waals surface area contributed by atoms with Crippen LogP contribution in [0.4, 0.5) is 5.69 Å². The van der Waals surface area contributed by atoms with Crippen molar-refractivity contribution in [1.29, 1.82) is 0 Å². The van der Waals surface area contributed by atoms with E-state index in [0.717, 1.165) is 30.0 Å². The molecule has 0 saturated carbocycles. The maximum absolute atomic E-state index is 11.8. The molecule has 3 N–H and O–H groups in total. The summed E-state index contributed by atoms with van der Waals surface area (Å²) in [6, 6.07) is 7.85. The van der Waals surface area contributed by atoms with Crippen molar-refractivity contribution in [2.75, 3.05) is 11.9 Å². The summed E-state index contributed by atoms with van der Waals surface area (Å²) in [6.45, 7) is 3.21. The number of nitrogens with one attached hydrogen (secondary N) is 1. The van der Waals surface area contributed by atoms with Gasteiger partial charge in [-0.1, -0.05) is 6.92 Å². The van der Waals surface area contributed by atoms with Crippen molar-refractivity contribution in [3.8, 4) is 11.4 Å². The minimum Gasteiger partial charge on any atom is -0.330 e. The van der Waals surface area contributed by atoms with E-state index in [1.165, 1.54) is 18.5 Å². The highest BCUT2D eigenvalue weighted by Crippen LogP contribution is 2.25. The van der Waals surface area contributed by atoms with Crippen LogP contribution in [0.3, 0.4) is 0 Å². The number of hydrogen-bond acceptors (Lipinski definition) is 3. The van der Waals surface area contributed by atoms with E-state index in [1.807, 2.05) is 37.4 Å². The van der Waals surface area contributed by atoms with E-state index in [9.17, 15) is 4.79 Å². The van der Waals surface area contributed by atoms with Crippen molar-refractivity contribution >= 4 is 11.6 Å². The first-order valence-electron chi connectivity index (χ1n) is 7.85. The van der Waals surface area contributed by atoms with Gasteiger partial charge in [0, 0.05) is 42.1 Å². The van der Waals surface area contributed by atoms with Gasteiger partial charge < -0.3 is 15.6 Å². The molecule has 0 spiro atoms. The molecule has 1 aliphatic rings. The van der Waals surface area contributed by atoms with Gasteiger partial charge in [-0.25, -0.2) is 4.98 Å². The molecule has 0 bridgehead atoms. The zero-order chi connectivity index (χ0) is 15.5. The third-order valence-corrected chi connectivity index (χ3v) is 4.21. The van der Waals surface area contributed by atoms with E-state index in [0.29, 0.717) is 6.54 Å². The number of hydrogen-bond donors (Lipinski definition) is 2. The van der Waals surface area contributed by atoms with Crippen molar-refractivity contribution in [1.82, 2.24) is 9.55 Å². The van der Waals surface area contributed by atoms with Crippen LogP contribution < -0.4 is 11.1 Å². The number of carbonyl (C=O) groups excluding carboxylic acids is 1. The molecular weight excluding hydrogens is 276 g/mol. The zero-order valence-electron chi connectivity index (χ0n) is 12.9. The van der Waals surface area contributed by atoms with E-state index < -0.39 is 0 Å². The van der Waals surface area contributed by atoms with Gasteiger partial charge in [-0.15, -0.1) is 0 Å². The Morgan fingerprint density at radius 3 is 2.86 bits per heavy atom. The lowest BCUT2D eigenvalue weighted by atomic mass is 10.1. The molecule has 1 atom stereocenters. The highest BCUT2D eigenvalue weighted by molar-refractivity contribution is 5.92. The summed E-state index contributed by atoms with van der Waals surface area (Å²) in [5.74, 6) is 0.787. The monoisotopic (exact) mass is 298 g/mol. The Morgan fingerprint density at radius 2 is 2.14 bits per heavy atom. The Hall–Kier alpha value is -2.14. The first kappa shape index (κ1) is 14.8. The van der Waals surface area contributed by atoms with Gasteiger partial charge in [-0.2, -0.15) is 0 Å². The fourth-order valence-electron chi connectivity index (χ4n) is 2.74. The lowest BCUT2D eigenvalue weighted by Gasteiger charge is -2.16. The Balaban J connectivity index is 1.77. The third kappa shape index (κ3) is 2.90. The summed E-state index contributed by atoms with van der Waals surface area (Å²) in [5, 5.41) is 2.88. The van der Waals surface area contributed by atoms with E-state index in [1.54, 1.807) is 0 Å². The summed E-state index contributed by atoms with van der Waals surface area (Å²) in [4.78, 5) is 16.4. The lowest BCUT2D eigenvalue weighted by Crippen LogP contribution is -2.26. The lowest BCUT2D eigenvalue weighted by molar-refractivity contribution is -0.119. The molecule has 116 valence electrons. The minimum absolute atomic E-state index is 0.0477. The van der Waals surface area contributed by atoms with Gasteiger partial charge in [-0.05, 0) is 43.5 Å². The molecule has 0 fully saturated rings. The molecule has 1 unspecified atom stereocenters. The average Bonchev–Trinajstić information content (AvgIpc) is 2.99. The molecule has 2 heterocycles. The molecule has 1 aromatic heterocycles. The number of nitrogens with two attached hydrogens (primary N) is 1. The van der Waals surface area contributed by atoms with Crippen molar-refractivity contribution < 1.29 is 4.79 Å². The number of anilines is 1. The fourth-order valence-corrected chi connectivity index (χ4v) is 2.74. The number of rotatable bonds is 4. The van der Waals surface area contributed by atoms with Crippen LogP contribution >= 0.6 is 0 Å². The maximum atomic E-state index is 11.8. The quantitative estimate of drug-likeness (QED) is 0.910. The van der Waals surface area contributed by atoms with Gasteiger partial charge in [0.25, 0.3) is 0 Å². The van der Waals surface area contributed by atoms with Crippen LogP contribution in [-0.2, 0) is 17.8 Å². The van der Waals surface area contributed by atoms with Crippen molar-refractivity contribution in [3.05, 3.63) is 36.2 Å². The Kier molecular flexibility index (Phi) is 4.24. The van der Waals surface area contributed by atoms with Gasteiger partial charge in [0.15, 0.2) is 0 Å². The number of imidazole rings is 1. The number of benzene rings is 1. The predicted molar refractivity (Wildman–Crippen MR) is 87.4 cm³/mol. The minimum atomic E-state index is -0.181. The normalized spacial score (nSPS) is 15.2. The summed E-state index contributed by atoms with van der Waals surface area (Å²) in [6.07, 6.45) is 5.54. The largest absolute Gasteiger partial charge is 0.330 e. The molecule has 5 heteroatoms. The Labute approximate surface area is 130 Å². The predicted octanol–water partition coefficient (Wildman–Crippen LogP) is 2.42. The van der Waals surface area contributed by atoms with Gasteiger partial charge in [-0.3, -0.25) is 4.79 Å². The number of aromatic nitrogens is 2. The van der Waals surface area contributed by atoms with Crippen LogP contribution in [0.25, 0.3) is 11.4 Å². The standard InChI is InChI=1S/C17H22N4O/c1-12(10-18)17(22)20-14-7-5-13(6-8-14)16-19-11-15-4-2-3-9-21(15)16/h5-8,11-12H,2-4,9-10,18H2,1H3,(H,20,22). The highest BCUT2D eigenvalue weighted by atomic mass is 16.1. The van der Waals surface area contributed by atoms with E-state index in [2.05, 4.69) is 14.9 Å². The highest BCUT2D eigenvalue weighted by Gasteiger charge is 2.15. The second-order valence-electron chi connectivity index (χ2n) is 5.89. The molecular formula is C17H22N4O. The Morgan fingerprint density at radius 1 is 1.36 bits per heavy atom. The smallest absolute Gasteiger partial charge is 0.228 e. The molecule has 0 radical (unpaired) electrons. The second kappa shape index (κ2) is 6.32. The molecule has 22 heavy (non-hydrogen) atoms. The number of carbonyl (C=O) groups is 1. The van der Waals surface area contributed by atoms with Gasteiger partial charge in [0.05, 0.1) is 0 Å². The van der Waals surface area contributed by atoms with Gasteiger partial charge in [0.1, 0.15) is 5.82 Å². The van der Waals surface area contributed by atoms with Crippen LogP contribution in [-0.4, -0.2) is 22.0 Å². The number of nitrogens with zero attached hydrogens (tertiary/aromatic N) is 2. The zero-order valence-corrected chi connectivity index (χ0v) is 12.9. The van der Waals surface area contributed by atoms with Gasteiger partial charge in [0.2, 0.25) is 5.91 Å². The number of aryl methyl sites for hydroxylation is 1. The molecule has 1 aromatic carbocycles. The molecule has 1 amide bonds. The number of fused-ring (bicyclic) bond motifs is 1. The second-order valence-corrected chi connectivity index (χ2v) is 5.89. The average molecular weight is 298 g/mol. The molecule has 5 nitrogen and oxygen atoms in total. The van der Waals surface area contributed by atoms with E-state index in [-0.39, 0.29) is 11.8 Å². The first-order valence-corrected chi connectivity index (χ1v) is 7.85. The van der Waals surface area contributed by atoms with E-state index >= 15 is 0 Å². The third-order valence-electron chi connectivity index (χ3n) is 4.21. The number of amides is 1. The SMILES string of the molecule is CC(CN)C(=O)Nc1ccc(-c2ncc3n2CCCC3)cc1. The molecule has 0 saturated heterocycles. The topological polar surface area (TPSA) is 72.9 Å². The van der Waals surface area contributed by atoms with Crippen molar-refractivity contribution in [3.63, 3.8) is 0 Å². The van der Waals surface area contributed by atoms with Crippen LogP contribution in [0.2, 0.25) is 0 Å². The van der Waals surface area contributed by atoms with Crippen molar-refractivity contribution in [2.24, 2.45) is 11.7 Å². The molecule has 0 aliphatic carbocycles. The van der Waals surface area contributed by atoms with Crippen LogP contribution in [0, 0.1) is 5.92 Å². The van der Waals surface area contributed by atoms with Crippen molar-refractivity contribution in [2.45, 2.75) is 32.7 Å². The first-order chi connectivity index (χ1) is 10.7. The summed E-state index contributed by atoms with van der Waals surface area (Å²) < 4.78 is 2.30. The van der Waals surface area contributed by atoms with Crippen LogP contribution in [0.1, 0.15) is 25.5 Å². The molecule has 2 aromatic rings. The van der Waals surface area contributed by atoms with Crippen LogP contribution in [0.15, 0.2) is 30.5 Å². The Bertz CT molecular complexity index is 660. The molecule has 3 rings (SSSR count). The van der Waals surface area contributed by atoms with Gasteiger partial charge >= 0.3 is 0 Å². The summed E-state index contributed by atoms with van der Waals surface area (Å²) in [5.41, 5.74) is 8.70. The van der Waals surface area contributed by atoms with Crippen LogP contribution in [0.5, 0.6) is 0 Å². The van der Waals surface area contributed by atoms with E-state index in [4.69, 9.17) is 5.73 Å². The summed E-state index contributed by atoms with van der Waals surface area (Å²) in [7, 11) is 0. The maximum Gasteiger partial charge on any atom is 0.228 e.